The van der Waals surface area contributed by atoms with Crippen LogP contribution in [0.3, 0.4) is 0 Å². The van der Waals surface area contributed by atoms with Crippen molar-refractivity contribution in [3.8, 4) is 17.2 Å². The third kappa shape index (κ3) is 6.69. The fourth-order valence-corrected chi connectivity index (χ4v) is 2.48. The number of hydrogen-bond donors (Lipinski definition) is 1. The van der Waals surface area contributed by atoms with E-state index in [9.17, 15) is 9.59 Å². The van der Waals surface area contributed by atoms with Gasteiger partial charge in [-0.25, -0.2) is 4.79 Å². The third-order valence-electron chi connectivity index (χ3n) is 4.11. The van der Waals surface area contributed by atoms with E-state index in [1.165, 1.54) is 12.2 Å². The molecule has 0 saturated carbocycles. The maximum atomic E-state index is 12.4. The number of ether oxygens (including phenoxy) is 3. The number of carboxylic acids is 1. The van der Waals surface area contributed by atoms with E-state index in [1.54, 1.807) is 62.6 Å². The molecule has 0 unspecified atom stereocenters. The van der Waals surface area contributed by atoms with Crippen LogP contribution in [0.25, 0.3) is 0 Å². The molecule has 0 radical (unpaired) electrons. The zero-order valence-corrected chi connectivity index (χ0v) is 16.7. The lowest BCUT2D eigenvalue weighted by molar-refractivity contribution is -0.158. The van der Waals surface area contributed by atoms with Crippen LogP contribution in [0.5, 0.6) is 17.2 Å². The first-order valence-electron chi connectivity index (χ1n) is 9.06. The van der Waals surface area contributed by atoms with Gasteiger partial charge in [-0.2, -0.15) is 5.06 Å². The van der Waals surface area contributed by atoms with Crippen molar-refractivity contribution >= 4 is 11.9 Å². The van der Waals surface area contributed by atoms with Crippen LogP contribution in [0, 0.1) is 0 Å². The fraction of sp³-hybridized carbons (Fsp3) is 0.333. The molecule has 8 nitrogen and oxygen atoms in total. The highest BCUT2D eigenvalue weighted by atomic mass is 16.7. The number of aliphatic carboxylic acids is 1. The van der Waals surface area contributed by atoms with Crippen molar-refractivity contribution in [3.05, 3.63) is 54.1 Å². The Hall–Kier alpha value is -3.26. The molecule has 0 bridgehead atoms. The first-order chi connectivity index (χ1) is 14.0. The third-order valence-corrected chi connectivity index (χ3v) is 4.11. The second-order valence-corrected chi connectivity index (χ2v) is 6.05. The molecule has 1 atom stereocenters. The number of benzene rings is 2. The van der Waals surface area contributed by atoms with E-state index in [0.29, 0.717) is 23.8 Å². The van der Waals surface area contributed by atoms with E-state index < -0.39 is 12.1 Å². The standard InChI is InChI=1S/C21H25NO7/c1-4-22(29-18-11-9-16(26-2)10-12-18)20(23)14-28-17-7-5-15(6-8-17)13-19(27-3)21(24)25/h5-12,19H,4,13-14H2,1-3H3,(H,24,25)/t19-/m0/s1. The number of carboxylic acid groups (broad SMARTS) is 1. The first kappa shape index (κ1) is 22.0. The van der Waals surface area contributed by atoms with Crippen LogP contribution in [0.4, 0.5) is 0 Å². The predicted molar refractivity (Wildman–Crippen MR) is 105 cm³/mol. The molecule has 2 aromatic rings. The van der Waals surface area contributed by atoms with Crippen molar-refractivity contribution in [3.63, 3.8) is 0 Å². The highest BCUT2D eigenvalue weighted by Crippen LogP contribution is 2.18. The Kier molecular flexibility index (Phi) is 8.29. The summed E-state index contributed by atoms with van der Waals surface area (Å²) in [6, 6.07) is 13.7. The second-order valence-electron chi connectivity index (χ2n) is 6.05. The van der Waals surface area contributed by atoms with Gasteiger partial charge in [0.1, 0.15) is 11.5 Å². The SMILES string of the molecule is CCN(Oc1ccc(OC)cc1)C(=O)COc1ccc(C[C@H](OC)C(=O)O)cc1. The highest BCUT2D eigenvalue weighted by Gasteiger charge is 2.17. The number of hydroxylamine groups is 2. The number of rotatable bonds is 11. The quantitative estimate of drug-likeness (QED) is 0.576. The molecule has 2 aromatic carbocycles. The lowest BCUT2D eigenvalue weighted by Crippen LogP contribution is -2.37. The van der Waals surface area contributed by atoms with E-state index in [-0.39, 0.29) is 18.9 Å². The summed E-state index contributed by atoms with van der Waals surface area (Å²) in [5.74, 6) is 0.342. The van der Waals surface area contributed by atoms with E-state index >= 15 is 0 Å². The van der Waals surface area contributed by atoms with Crippen molar-refractivity contribution in [2.24, 2.45) is 0 Å². The minimum Gasteiger partial charge on any atom is -0.497 e. The molecule has 0 aliphatic carbocycles. The number of nitrogens with zero attached hydrogens (tertiary/aromatic N) is 1. The Bertz CT molecular complexity index is 790. The molecule has 0 heterocycles. The minimum atomic E-state index is -1.02. The summed E-state index contributed by atoms with van der Waals surface area (Å²) in [5.41, 5.74) is 0.788. The summed E-state index contributed by atoms with van der Waals surface area (Å²) >= 11 is 0. The van der Waals surface area contributed by atoms with Crippen LogP contribution in [0.15, 0.2) is 48.5 Å². The van der Waals surface area contributed by atoms with Gasteiger partial charge in [0.25, 0.3) is 5.91 Å². The Balaban J connectivity index is 1.88. The summed E-state index contributed by atoms with van der Waals surface area (Å²) in [7, 11) is 2.93. The van der Waals surface area contributed by atoms with Crippen LogP contribution < -0.4 is 14.3 Å². The van der Waals surface area contributed by atoms with Crippen molar-refractivity contribution in [2.75, 3.05) is 27.4 Å². The molecule has 0 aromatic heterocycles. The van der Waals surface area contributed by atoms with Crippen LogP contribution in [0.1, 0.15) is 12.5 Å². The maximum Gasteiger partial charge on any atom is 0.333 e. The molecule has 1 N–H and O–H groups in total. The molecule has 0 saturated heterocycles. The molecule has 0 spiro atoms. The first-order valence-corrected chi connectivity index (χ1v) is 9.06. The van der Waals surface area contributed by atoms with Gasteiger partial charge in [-0.3, -0.25) is 4.79 Å². The smallest absolute Gasteiger partial charge is 0.333 e. The maximum absolute atomic E-state index is 12.4. The fourth-order valence-electron chi connectivity index (χ4n) is 2.48. The van der Waals surface area contributed by atoms with E-state index in [0.717, 1.165) is 5.56 Å². The van der Waals surface area contributed by atoms with Gasteiger partial charge in [-0.15, -0.1) is 0 Å². The summed E-state index contributed by atoms with van der Waals surface area (Å²) in [5, 5.41) is 10.2. The number of likely N-dealkylation sites (N-methyl/N-ethyl adjacent to an activating group) is 1. The normalized spacial score (nSPS) is 11.4. The highest BCUT2D eigenvalue weighted by molar-refractivity contribution is 5.77. The van der Waals surface area contributed by atoms with Gasteiger partial charge in [0.15, 0.2) is 18.5 Å². The molecule has 0 aliphatic rings. The molecule has 8 heteroatoms. The molecule has 0 fully saturated rings. The van der Waals surface area contributed by atoms with Crippen molar-refractivity contribution in [1.29, 1.82) is 0 Å². The van der Waals surface area contributed by atoms with Gasteiger partial charge in [-0.05, 0) is 48.9 Å². The van der Waals surface area contributed by atoms with Crippen molar-refractivity contribution in [2.45, 2.75) is 19.4 Å². The molecular weight excluding hydrogens is 378 g/mol. The monoisotopic (exact) mass is 403 g/mol. The van der Waals surface area contributed by atoms with Crippen LogP contribution in [0.2, 0.25) is 0 Å². The van der Waals surface area contributed by atoms with Crippen LogP contribution in [-0.4, -0.2) is 55.5 Å². The molecule has 156 valence electrons. The average Bonchev–Trinajstić information content (AvgIpc) is 2.75. The van der Waals surface area contributed by atoms with Crippen molar-refractivity contribution in [1.82, 2.24) is 5.06 Å². The molecular formula is C21H25NO7. The number of carbonyl (C=O) groups is 2. The van der Waals surface area contributed by atoms with Gasteiger partial charge in [0.2, 0.25) is 0 Å². The number of carbonyl (C=O) groups excluding carboxylic acids is 1. The van der Waals surface area contributed by atoms with E-state index in [1.807, 2.05) is 0 Å². The predicted octanol–water partition coefficient (Wildman–Crippen LogP) is 2.56. The van der Waals surface area contributed by atoms with Crippen molar-refractivity contribution < 1.29 is 33.7 Å². The molecule has 1 amide bonds. The zero-order valence-electron chi connectivity index (χ0n) is 16.7. The van der Waals surface area contributed by atoms with Gasteiger partial charge >= 0.3 is 5.97 Å². The van der Waals surface area contributed by atoms with E-state index in [2.05, 4.69) is 0 Å². The summed E-state index contributed by atoms with van der Waals surface area (Å²) in [6.07, 6.45) is -0.666. The van der Waals surface area contributed by atoms with Gasteiger partial charge < -0.3 is 24.2 Å². The average molecular weight is 403 g/mol. The van der Waals surface area contributed by atoms with Crippen LogP contribution >= 0.6 is 0 Å². The summed E-state index contributed by atoms with van der Waals surface area (Å²) in [4.78, 5) is 29.0. The van der Waals surface area contributed by atoms with Gasteiger partial charge in [0, 0.05) is 13.5 Å². The second kappa shape index (κ2) is 10.9. The molecule has 2 rings (SSSR count). The van der Waals surface area contributed by atoms with Gasteiger partial charge in [0.05, 0.1) is 13.7 Å². The lowest BCUT2D eigenvalue weighted by atomic mass is 10.1. The Morgan fingerprint density at radius 1 is 0.966 bits per heavy atom. The van der Waals surface area contributed by atoms with Gasteiger partial charge in [-0.1, -0.05) is 12.1 Å². The topological polar surface area (TPSA) is 94.5 Å². The minimum absolute atomic E-state index is 0.195. The Labute approximate surface area is 169 Å². The Morgan fingerprint density at radius 2 is 1.55 bits per heavy atom. The lowest BCUT2D eigenvalue weighted by Gasteiger charge is -2.21. The molecule has 29 heavy (non-hydrogen) atoms. The molecule has 0 aliphatic heterocycles. The Morgan fingerprint density at radius 3 is 2.07 bits per heavy atom. The zero-order chi connectivity index (χ0) is 21.2. The van der Waals surface area contributed by atoms with Crippen LogP contribution in [-0.2, 0) is 20.7 Å². The largest absolute Gasteiger partial charge is 0.497 e. The number of amides is 1. The number of hydrogen-bond acceptors (Lipinski definition) is 6. The number of methoxy groups -OCH3 is 2. The summed E-state index contributed by atoms with van der Waals surface area (Å²) in [6.45, 7) is 1.95. The van der Waals surface area contributed by atoms with E-state index in [4.69, 9.17) is 24.2 Å². The summed E-state index contributed by atoms with van der Waals surface area (Å²) < 4.78 is 15.5.